The van der Waals surface area contributed by atoms with E-state index in [0.29, 0.717) is 17.0 Å². The van der Waals surface area contributed by atoms with Gasteiger partial charge in [-0.15, -0.1) is 0 Å². The number of hydrogen-bond acceptors (Lipinski definition) is 4. The van der Waals surface area contributed by atoms with E-state index in [-0.39, 0.29) is 0 Å². The number of esters is 1. The fraction of sp³-hybridized carbons (Fsp3) is 0.263. The lowest BCUT2D eigenvalue weighted by Gasteiger charge is -2.14. The van der Waals surface area contributed by atoms with Crippen LogP contribution in [-0.4, -0.2) is 25.1 Å². The molecule has 2 aromatic carbocycles. The molecule has 0 unspecified atom stereocenters. The zero-order valence-corrected chi connectivity index (χ0v) is 14.3. The SMILES string of the molecule is COc1cccc(NC(=O)[C@H](C)OC(=O)c2cc(C)cc(C)c2)c1. The third-order valence-corrected chi connectivity index (χ3v) is 3.45. The van der Waals surface area contributed by atoms with Crippen molar-refractivity contribution in [3.63, 3.8) is 0 Å². The van der Waals surface area contributed by atoms with Crippen LogP contribution in [0.4, 0.5) is 5.69 Å². The first-order valence-electron chi connectivity index (χ1n) is 7.63. The van der Waals surface area contributed by atoms with E-state index in [1.54, 1.807) is 43.5 Å². The molecule has 0 aliphatic carbocycles. The minimum Gasteiger partial charge on any atom is -0.497 e. The summed E-state index contributed by atoms with van der Waals surface area (Å²) in [5.41, 5.74) is 2.95. The molecule has 126 valence electrons. The van der Waals surface area contributed by atoms with Crippen molar-refractivity contribution in [2.24, 2.45) is 0 Å². The van der Waals surface area contributed by atoms with Gasteiger partial charge in [-0.2, -0.15) is 0 Å². The Bertz CT molecular complexity index is 735. The number of aryl methyl sites for hydroxylation is 2. The first-order chi connectivity index (χ1) is 11.4. The summed E-state index contributed by atoms with van der Waals surface area (Å²) in [5.74, 6) is -0.288. The molecule has 5 nitrogen and oxygen atoms in total. The minimum atomic E-state index is -0.912. The van der Waals surface area contributed by atoms with Crippen molar-refractivity contribution in [2.75, 3.05) is 12.4 Å². The number of carbonyl (C=O) groups excluding carboxylic acids is 2. The third-order valence-electron chi connectivity index (χ3n) is 3.45. The maximum absolute atomic E-state index is 12.2. The van der Waals surface area contributed by atoms with Gasteiger partial charge in [-0.3, -0.25) is 4.79 Å². The quantitative estimate of drug-likeness (QED) is 0.854. The largest absolute Gasteiger partial charge is 0.497 e. The predicted molar refractivity (Wildman–Crippen MR) is 92.4 cm³/mol. The first-order valence-corrected chi connectivity index (χ1v) is 7.63. The smallest absolute Gasteiger partial charge is 0.338 e. The second-order valence-electron chi connectivity index (χ2n) is 5.65. The Labute approximate surface area is 141 Å². The fourth-order valence-corrected chi connectivity index (χ4v) is 2.32. The Morgan fingerprint density at radius 2 is 1.71 bits per heavy atom. The second-order valence-corrected chi connectivity index (χ2v) is 5.65. The summed E-state index contributed by atoms with van der Waals surface area (Å²) < 4.78 is 10.4. The molecule has 0 fully saturated rings. The lowest BCUT2D eigenvalue weighted by molar-refractivity contribution is -0.123. The molecule has 1 amide bonds. The van der Waals surface area contributed by atoms with E-state index >= 15 is 0 Å². The van der Waals surface area contributed by atoms with Crippen molar-refractivity contribution in [2.45, 2.75) is 26.9 Å². The molecule has 0 bridgehead atoms. The third kappa shape index (κ3) is 4.59. The van der Waals surface area contributed by atoms with Crippen LogP contribution in [0.15, 0.2) is 42.5 Å². The molecular formula is C19H21NO4. The van der Waals surface area contributed by atoms with Crippen molar-refractivity contribution in [1.82, 2.24) is 0 Å². The van der Waals surface area contributed by atoms with E-state index in [9.17, 15) is 9.59 Å². The Balaban J connectivity index is 2.01. The van der Waals surface area contributed by atoms with Crippen LogP contribution >= 0.6 is 0 Å². The maximum atomic E-state index is 12.2. The first kappa shape index (κ1) is 17.5. The summed E-state index contributed by atoms with van der Waals surface area (Å²) in [7, 11) is 1.55. The molecule has 2 rings (SSSR count). The molecule has 0 saturated heterocycles. The molecular weight excluding hydrogens is 306 g/mol. The van der Waals surface area contributed by atoms with Crippen molar-refractivity contribution in [1.29, 1.82) is 0 Å². The Morgan fingerprint density at radius 3 is 2.33 bits per heavy atom. The Hall–Kier alpha value is -2.82. The number of carbonyl (C=O) groups is 2. The Kier molecular flexibility index (Phi) is 5.58. The molecule has 2 aromatic rings. The Morgan fingerprint density at radius 1 is 1.04 bits per heavy atom. The van der Waals surface area contributed by atoms with Crippen molar-refractivity contribution >= 4 is 17.6 Å². The monoisotopic (exact) mass is 327 g/mol. The molecule has 0 aliphatic rings. The van der Waals surface area contributed by atoms with Crippen LogP contribution in [-0.2, 0) is 9.53 Å². The molecule has 1 atom stereocenters. The number of rotatable bonds is 5. The van der Waals surface area contributed by atoms with E-state index in [1.807, 2.05) is 19.9 Å². The van der Waals surface area contributed by atoms with Crippen molar-refractivity contribution < 1.29 is 19.1 Å². The summed E-state index contributed by atoms with van der Waals surface area (Å²) in [6.45, 7) is 5.35. The van der Waals surface area contributed by atoms with Crippen LogP contribution in [0.3, 0.4) is 0 Å². The average molecular weight is 327 g/mol. The summed E-state index contributed by atoms with van der Waals surface area (Å²) in [5, 5.41) is 2.70. The topological polar surface area (TPSA) is 64.6 Å². The number of anilines is 1. The summed E-state index contributed by atoms with van der Waals surface area (Å²) in [6.07, 6.45) is -0.912. The van der Waals surface area contributed by atoms with Gasteiger partial charge >= 0.3 is 5.97 Å². The van der Waals surface area contributed by atoms with Gasteiger partial charge in [-0.05, 0) is 45.0 Å². The highest BCUT2D eigenvalue weighted by molar-refractivity contribution is 5.97. The van der Waals surface area contributed by atoms with Crippen LogP contribution in [0.1, 0.15) is 28.4 Å². The molecule has 0 radical (unpaired) electrons. The van der Waals surface area contributed by atoms with Crippen LogP contribution in [0.2, 0.25) is 0 Å². The number of nitrogens with one attached hydrogen (secondary N) is 1. The van der Waals surface area contributed by atoms with E-state index in [2.05, 4.69) is 5.32 Å². The van der Waals surface area contributed by atoms with Gasteiger partial charge in [-0.25, -0.2) is 4.79 Å². The zero-order valence-electron chi connectivity index (χ0n) is 14.3. The highest BCUT2D eigenvalue weighted by atomic mass is 16.5. The zero-order chi connectivity index (χ0) is 17.7. The predicted octanol–water partition coefficient (Wildman–Crippen LogP) is 3.50. The lowest BCUT2D eigenvalue weighted by Crippen LogP contribution is -2.30. The van der Waals surface area contributed by atoms with Gasteiger partial charge in [0.15, 0.2) is 6.10 Å². The molecule has 0 spiro atoms. The van der Waals surface area contributed by atoms with E-state index in [1.165, 1.54) is 6.92 Å². The normalized spacial score (nSPS) is 11.5. The molecule has 0 aliphatic heterocycles. The van der Waals surface area contributed by atoms with Gasteiger partial charge in [0, 0.05) is 11.8 Å². The van der Waals surface area contributed by atoms with Gasteiger partial charge in [0.05, 0.1) is 12.7 Å². The number of benzene rings is 2. The molecule has 0 aromatic heterocycles. The number of amides is 1. The summed E-state index contributed by atoms with van der Waals surface area (Å²) >= 11 is 0. The molecule has 0 saturated carbocycles. The van der Waals surface area contributed by atoms with Crippen LogP contribution in [0.25, 0.3) is 0 Å². The van der Waals surface area contributed by atoms with Crippen LogP contribution in [0.5, 0.6) is 5.75 Å². The minimum absolute atomic E-state index is 0.402. The van der Waals surface area contributed by atoms with Gasteiger partial charge < -0.3 is 14.8 Å². The molecule has 5 heteroatoms. The number of methoxy groups -OCH3 is 1. The van der Waals surface area contributed by atoms with Crippen molar-refractivity contribution in [3.05, 3.63) is 59.2 Å². The van der Waals surface area contributed by atoms with Gasteiger partial charge in [0.2, 0.25) is 0 Å². The number of ether oxygens (including phenoxy) is 2. The highest BCUT2D eigenvalue weighted by Gasteiger charge is 2.19. The lowest BCUT2D eigenvalue weighted by atomic mass is 10.1. The maximum Gasteiger partial charge on any atom is 0.338 e. The van der Waals surface area contributed by atoms with Crippen LogP contribution in [0, 0.1) is 13.8 Å². The van der Waals surface area contributed by atoms with E-state index in [4.69, 9.17) is 9.47 Å². The van der Waals surface area contributed by atoms with Gasteiger partial charge in [0.1, 0.15) is 5.75 Å². The second kappa shape index (κ2) is 7.64. The van der Waals surface area contributed by atoms with Gasteiger partial charge in [-0.1, -0.05) is 23.3 Å². The molecule has 24 heavy (non-hydrogen) atoms. The molecule has 1 N–H and O–H groups in total. The average Bonchev–Trinajstić information content (AvgIpc) is 2.54. The molecule has 0 heterocycles. The fourth-order valence-electron chi connectivity index (χ4n) is 2.32. The van der Waals surface area contributed by atoms with E-state index < -0.39 is 18.0 Å². The standard InChI is InChI=1S/C19H21NO4/c1-12-8-13(2)10-15(9-12)19(22)24-14(3)18(21)20-16-6-5-7-17(11-16)23-4/h5-11,14H,1-4H3,(H,20,21)/t14-/m0/s1. The highest BCUT2D eigenvalue weighted by Crippen LogP contribution is 2.17. The van der Waals surface area contributed by atoms with Gasteiger partial charge in [0.25, 0.3) is 5.91 Å². The summed E-state index contributed by atoms with van der Waals surface area (Å²) in [4.78, 5) is 24.4. The van der Waals surface area contributed by atoms with Crippen molar-refractivity contribution in [3.8, 4) is 5.75 Å². The van der Waals surface area contributed by atoms with Crippen LogP contribution < -0.4 is 10.1 Å². The summed E-state index contributed by atoms with van der Waals surface area (Å²) in [6, 6.07) is 12.4. The number of hydrogen-bond donors (Lipinski definition) is 1. The van der Waals surface area contributed by atoms with E-state index in [0.717, 1.165) is 11.1 Å².